The molecule has 94 valence electrons. The Bertz CT molecular complexity index is 409. The number of anilines is 1. The average molecular weight is 258 g/mol. The van der Waals surface area contributed by atoms with Gasteiger partial charge in [-0.25, -0.2) is 4.79 Å². The molecule has 0 bridgehead atoms. The molecule has 1 aromatic carbocycles. The lowest BCUT2D eigenvalue weighted by molar-refractivity contribution is 0.0697. The third-order valence-electron chi connectivity index (χ3n) is 2.66. The summed E-state index contributed by atoms with van der Waals surface area (Å²) in [7, 11) is 3.56. The van der Waals surface area contributed by atoms with E-state index in [0.717, 1.165) is 5.69 Å². The van der Waals surface area contributed by atoms with Gasteiger partial charge in [-0.1, -0.05) is 11.6 Å². The number of carboxylic acids is 1. The molecule has 0 saturated heterocycles. The smallest absolute Gasteiger partial charge is 0.337 e. The zero-order valence-corrected chi connectivity index (χ0v) is 10.9. The summed E-state index contributed by atoms with van der Waals surface area (Å²) in [5.74, 6) is -1.02. The van der Waals surface area contributed by atoms with Crippen molar-refractivity contribution in [1.82, 2.24) is 0 Å². The van der Waals surface area contributed by atoms with E-state index < -0.39 is 5.97 Å². The Morgan fingerprint density at radius 2 is 2.24 bits per heavy atom. The minimum absolute atomic E-state index is 0.114. The van der Waals surface area contributed by atoms with Crippen molar-refractivity contribution in [2.75, 3.05) is 25.7 Å². The second-order valence-electron chi connectivity index (χ2n) is 3.88. The fourth-order valence-corrected chi connectivity index (χ4v) is 1.76. The van der Waals surface area contributed by atoms with Crippen LogP contribution in [0.2, 0.25) is 5.02 Å². The van der Waals surface area contributed by atoms with E-state index in [2.05, 4.69) is 0 Å². The fourth-order valence-electron chi connectivity index (χ4n) is 1.50. The number of likely N-dealkylation sites (N-methyl/N-ethyl adjacent to an activating group) is 1. The van der Waals surface area contributed by atoms with Crippen molar-refractivity contribution in [3.63, 3.8) is 0 Å². The summed E-state index contributed by atoms with van der Waals surface area (Å²) >= 11 is 5.91. The predicted molar refractivity (Wildman–Crippen MR) is 68.2 cm³/mol. The zero-order valence-electron chi connectivity index (χ0n) is 10.1. The number of aromatic carboxylic acids is 1. The summed E-state index contributed by atoms with van der Waals surface area (Å²) in [6.07, 6.45) is 0. The maximum Gasteiger partial charge on any atom is 0.337 e. The summed E-state index contributed by atoms with van der Waals surface area (Å²) in [4.78, 5) is 12.8. The molecule has 0 spiro atoms. The molecule has 4 nitrogen and oxygen atoms in total. The van der Waals surface area contributed by atoms with Crippen LogP contribution >= 0.6 is 11.6 Å². The van der Waals surface area contributed by atoms with Crippen molar-refractivity contribution < 1.29 is 14.6 Å². The van der Waals surface area contributed by atoms with Crippen LogP contribution in [0.15, 0.2) is 18.2 Å². The summed E-state index contributed by atoms with van der Waals surface area (Å²) in [6, 6.07) is 5.08. The van der Waals surface area contributed by atoms with Crippen LogP contribution in [0.3, 0.4) is 0 Å². The van der Waals surface area contributed by atoms with Crippen molar-refractivity contribution in [3.05, 3.63) is 28.8 Å². The van der Waals surface area contributed by atoms with E-state index in [1.807, 2.05) is 18.9 Å². The lowest BCUT2D eigenvalue weighted by Crippen LogP contribution is -2.32. The number of carbonyl (C=O) groups is 1. The minimum atomic E-state index is -1.02. The van der Waals surface area contributed by atoms with Crippen molar-refractivity contribution in [3.8, 4) is 0 Å². The molecule has 1 atom stereocenters. The lowest BCUT2D eigenvalue weighted by Gasteiger charge is -2.26. The van der Waals surface area contributed by atoms with Crippen LogP contribution in [-0.4, -0.2) is 37.9 Å². The molecule has 5 heteroatoms. The normalized spacial score (nSPS) is 12.2. The highest BCUT2D eigenvalue weighted by Gasteiger charge is 2.13. The molecule has 1 rings (SSSR count). The molecule has 1 N–H and O–H groups in total. The van der Waals surface area contributed by atoms with E-state index in [1.54, 1.807) is 19.2 Å². The number of hydrogen-bond acceptors (Lipinski definition) is 3. The van der Waals surface area contributed by atoms with Crippen LogP contribution in [0.4, 0.5) is 5.69 Å². The summed E-state index contributed by atoms with van der Waals surface area (Å²) in [5, 5.41) is 9.11. The van der Waals surface area contributed by atoms with E-state index in [4.69, 9.17) is 21.4 Å². The molecular weight excluding hydrogens is 242 g/mol. The molecule has 0 radical (unpaired) electrons. The second kappa shape index (κ2) is 5.89. The predicted octanol–water partition coefficient (Wildman–Crippen LogP) is 2.51. The van der Waals surface area contributed by atoms with Gasteiger partial charge in [-0.3, -0.25) is 0 Å². The number of rotatable bonds is 5. The molecule has 0 aromatic heterocycles. The van der Waals surface area contributed by atoms with Crippen molar-refractivity contribution >= 4 is 23.3 Å². The highest BCUT2D eigenvalue weighted by Crippen LogP contribution is 2.24. The van der Waals surface area contributed by atoms with Crippen molar-refractivity contribution in [2.45, 2.75) is 13.0 Å². The van der Waals surface area contributed by atoms with Gasteiger partial charge >= 0.3 is 5.97 Å². The van der Waals surface area contributed by atoms with Gasteiger partial charge in [0.2, 0.25) is 0 Å². The maximum atomic E-state index is 10.8. The molecule has 0 aliphatic carbocycles. The third-order valence-corrected chi connectivity index (χ3v) is 2.97. The van der Waals surface area contributed by atoms with Crippen molar-refractivity contribution in [2.24, 2.45) is 0 Å². The Kier molecular flexibility index (Phi) is 4.78. The molecule has 17 heavy (non-hydrogen) atoms. The van der Waals surface area contributed by atoms with Crippen LogP contribution in [0, 0.1) is 0 Å². The average Bonchev–Trinajstić information content (AvgIpc) is 2.27. The topological polar surface area (TPSA) is 49.8 Å². The standard InChI is InChI=1S/C12H16ClNO3/c1-8(7-17-3)14(2)9-4-5-10(12(15)16)11(13)6-9/h4-6,8H,7H2,1-3H3,(H,15,16). The number of nitrogens with zero attached hydrogens (tertiary/aromatic N) is 1. The molecular formula is C12H16ClNO3. The maximum absolute atomic E-state index is 10.8. The van der Waals surface area contributed by atoms with Crippen LogP contribution in [0.5, 0.6) is 0 Å². The van der Waals surface area contributed by atoms with Gasteiger partial charge < -0.3 is 14.7 Å². The number of carboxylic acid groups (broad SMARTS) is 1. The van der Waals surface area contributed by atoms with E-state index in [9.17, 15) is 4.79 Å². The summed E-state index contributed by atoms with van der Waals surface area (Å²) < 4.78 is 5.07. The van der Waals surface area contributed by atoms with Gasteiger partial charge in [0.05, 0.1) is 17.2 Å². The van der Waals surface area contributed by atoms with Crippen LogP contribution in [0.1, 0.15) is 17.3 Å². The summed E-state index contributed by atoms with van der Waals surface area (Å²) in [6.45, 7) is 2.61. The lowest BCUT2D eigenvalue weighted by atomic mass is 10.2. The molecule has 1 unspecified atom stereocenters. The van der Waals surface area contributed by atoms with E-state index in [0.29, 0.717) is 6.61 Å². The van der Waals surface area contributed by atoms with Gasteiger partial charge in [0.15, 0.2) is 0 Å². The molecule has 0 amide bonds. The van der Waals surface area contributed by atoms with Crippen molar-refractivity contribution in [1.29, 1.82) is 0 Å². The first-order valence-corrected chi connectivity index (χ1v) is 5.59. The number of ether oxygens (including phenoxy) is 1. The SMILES string of the molecule is COCC(C)N(C)c1ccc(C(=O)O)c(Cl)c1. The van der Waals surface area contributed by atoms with Gasteiger partial charge in [0.25, 0.3) is 0 Å². The van der Waals surface area contributed by atoms with Gasteiger partial charge in [-0.05, 0) is 25.1 Å². The molecule has 0 fully saturated rings. The fraction of sp³-hybridized carbons (Fsp3) is 0.417. The Balaban J connectivity index is 2.93. The highest BCUT2D eigenvalue weighted by atomic mass is 35.5. The van der Waals surface area contributed by atoms with Gasteiger partial charge in [0.1, 0.15) is 0 Å². The first-order chi connectivity index (χ1) is 7.97. The minimum Gasteiger partial charge on any atom is -0.478 e. The molecule has 0 heterocycles. The molecule has 0 aliphatic heterocycles. The molecule has 1 aromatic rings. The first-order valence-electron chi connectivity index (χ1n) is 5.22. The van der Waals surface area contributed by atoms with Gasteiger partial charge in [0, 0.05) is 25.9 Å². The quantitative estimate of drug-likeness (QED) is 0.881. The number of methoxy groups -OCH3 is 1. The highest BCUT2D eigenvalue weighted by molar-refractivity contribution is 6.33. The van der Waals surface area contributed by atoms with E-state index >= 15 is 0 Å². The first kappa shape index (κ1) is 13.8. The number of benzene rings is 1. The number of hydrogen-bond donors (Lipinski definition) is 1. The largest absolute Gasteiger partial charge is 0.478 e. The van der Waals surface area contributed by atoms with Crippen LogP contribution < -0.4 is 4.90 Å². The Hall–Kier alpha value is -1.26. The molecule has 0 saturated carbocycles. The van der Waals surface area contributed by atoms with E-state index in [1.165, 1.54) is 6.07 Å². The van der Waals surface area contributed by atoms with E-state index in [-0.39, 0.29) is 16.6 Å². The Morgan fingerprint density at radius 1 is 1.59 bits per heavy atom. The Labute approximate surface area is 106 Å². The van der Waals surface area contributed by atoms with Crippen LogP contribution in [0.25, 0.3) is 0 Å². The number of halogens is 1. The van der Waals surface area contributed by atoms with Gasteiger partial charge in [-0.15, -0.1) is 0 Å². The third kappa shape index (κ3) is 3.35. The second-order valence-corrected chi connectivity index (χ2v) is 4.29. The zero-order chi connectivity index (χ0) is 13.0. The summed E-state index contributed by atoms with van der Waals surface area (Å²) in [5.41, 5.74) is 0.979. The molecule has 0 aliphatic rings. The van der Waals surface area contributed by atoms with Gasteiger partial charge in [-0.2, -0.15) is 0 Å². The monoisotopic (exact) mass is 257 g/mol. The Morgan fingerprint density at radius 3 is 2.71 bits per heavy atom. The van der Waals surface area contributed by atoms with Crippen LogP contribution in [-0.2, 0) is 4.74 Å².